The molecular formula is C23H26ClN3O4. The Kier molecular flexibility index (Phi) is 6.00. The van der Waals surface area contributed by atoms with Gasteiger partial charge in [-0.25, -0.2) is 14.3 Å². The van der Waals surface area contributed by atoms with Gasteiger partial charge in [-0.05, 0) is 56.5 Å². The molecule has 2 N–H and O–H groups in total. The summed E-state index contributed by atoms with van der Waals surface area (Å²) < 4.78 is 6.84. The van der Waals surface area contributed by atoms with E-state index in [4.69, 9.17) is 16.3 Å². The van der Waals surface area contributed by atoms with Crippen LogP contribution >= 0.6 is 11.6 Å². The number of fused-ring (bicyclic) bond motifs is 1. The Hall–Kier alpha value is -3.06. The molecule has 2 aromatic carbocycles. The van der Waals surface area contributed by atoms with Gasteiger partial charge in [-0.15, -0.1) is 0 Å². The number of benzene rings is 2. The van der Waals surface area contributed by atoms with Gasteiger partial charge in [0.15, 0.2) is 5.54 Å². The smallest absolute Gasteiger partial charge is 0.412 e. The van der Waals surface area contributed by atoms with Crippen LogP contribution < -0.4 is 5.32 Å². The Labute approximate surface area is 186 Å². The van der Waals surface area contributed by atoms with Crippen molar-refractivity contribution in [2.45, 2.75) is 45.8 Å². The van der Waals surface area contributed by atoms with E-state index >= 15 is 0 Å². The fourth-order valence-electron chi connectivity index (χ4n) is 3.72. The summed E-state index contributed by atoms with van der Waals surface area (Å²) in [5.41, 5.74) is -0.518. The maximum absolute atomic E-state index is 12.7. The number of carboxylic acid groups (broad SMARTS) is 1. The predicted molar refractivity (Wildman–Crippen MR) is 121 cm³/mol. The summed E-state index contributed by atoms with van der Waals surface area (Å²) in [6, 6.07) is 12.0. The van der Waals surface area contributed by atoms with Gasteiger partial charge in [0, 0.05) is 10.4 Å². The second-order valence-corrected chi connectivity index (χ2v) is 9.09. The van der Waals surface area contributed by atoms with Crippen LogP contribution in [0.4, 0.5) is 10.5 Å². The van der Waals surface area contributed by atoms with Crippen molar-refractivity contribution in [3.8, 4) is 0 Å². The monoisotopic (exact) mass is 443 g/mol. The number of aliphatic carboxylic acids is 1. The zero-order valence-electron chi connectivity index (χ0n) is 18.1. The van der Waals surface area contributed by atoms with Crippen molar-refractivity contribution < 1.29 is 19.4 Å². The molecule has 0 saturated heterocycles. The summed E-state index contributed by atoms with van der Waals surface area (Å²) in [5, 5.41) is 18.7. The number of carboxylic acids is 1. The molecule has 3 rings (SSSR count). The maximum Gasteiger partial charge on any atom is 0.412 e. The first-order valence-corrected chi connectivity index (χ1v) is 10.3. The number of hydrogen-bond acceptors (Lipinski definition) is 4. The summed E-state index contributed by atoms with van der Waals surface area (Å²) in [6.07, 6.45) is 0.955. The number of carbonyl (C=O) groups is 2. The van der Waals surface area contributed by atoms with Gasteiger partial charge in [0.05, 0.1) is 17.4 Å². The molecule has 1 amide bonds. The van der Waals surface area contributed by atoms with Crippen molar-refractivity contribution >= 4 is 40.3 Å². The number of anilines is 1. The molecule has 0 saturated carbocycles. The van der Waals surface area contributed by atoms with Crippen LogP contribution in [-0.2, 0) is 15.1 Å². The minimum atomic E-state index is -1.48. The largest absolute Gasteiger partial charge is 0.479 e. The molecule has 31 heavy (non-hydrogen) atoms. The molecule has 7 nitrogen and oxygen atoms in total. The van der Waals surface area contributed by atoms with E-state index in [9.17, 15) is 14.7 Å². The van der Waals surface area contributed by atoms with Crippen molar-refractivity contribution in [3.05, 3.63) is 59.2 Å². The summed E-state index contributed by atoms with van der Waals surface area (Å²) >= 11 is 6.03. The van der Waals surface area contributed by atoms with Crippen LogP contribution in [0.3, 0.4) is 0 Å². The van der Waals surface area contributed by atoms with E-state index in [2.05, 4.69) is 10.4 Å². The molecular weight excluding hydrogens is 418 g/mol. The number of amides is 1. The van der Waals surface area contributed by atoms with Crippen molar-refractivity contribution in [1.82, 2.24) is 9.78 Å². The number of nitrogens with one attached hydrogen (secondary N) is 1. The number of nitrogens with zero attached hydrogens (tertiary/aromatic N) is 2. The van der Waals surface area contributed by atoms with Crippen LogP contribution in [0.2, 0.25) is 5.02 Å². The lowest BCUT2D eigenvalue weighted by atomic mass is 9.79. The molecule has 164 valence electrons. The molecule has 1 aromatic heterocycles. The molecule has 0 fully saturated rings. The summed E-state index contributed by atoms with van der Waals surface area (Å²) in [4.78, 5) is 25.0. The van der Waals surface area contributed by atoms with Crippen LogP contribution in [-0.4, -0.2) is 32.6 Å². The third-order valence-electron chi connectivity index (χ3n) is 5.03. The fraction of sp³-hybridized carbons (Fsp3) is 0.348. The first-order valence-electron chi connectivity index (χ1n) is 9.93. The van der Waals surface area contributed by atoms with Crippen LogP contribution in [0, 0.1) is 5.92 Å². The molecule has 0 aliphatic heterocycles. The zero-order valence-corrected chi connectivity index (χ0v) is 18.9. The topological polar surface area (TPSA) is 93.5 Å². The van der Waals surface area contributed by atoms with Gasteiger partial charge in [-0.2, -0.15) is 5.10 Å². The number of carbonyl (C=O) groups excluding carboxylic acids is 1. The van der Waals surface area contributed by atoms with Gasteiger partial charge >= 0.3 is 12.1 Å². The predicted octanol–water partition coefficient (Wildman–Crippen LogP) is 5.52. The second kappa shape index (κ2) is 8.23. The summed E-state index contributed by atoms with van der Waals surface area (Å²) in [6.45, 7) is 9.00. The molecule has 3 aromatic rings. The third-order valence-corrected chi connectivity index (χ3v) is 5.28. The SMILES string of the molecule is CC(C)C(C(=O)O)(c1ccc(Cl)cc1)n1ncc2c(NC(=O)OC(C)(C)C)cccc21. The lowest BCUT2D eigenvalue weighted by molar-refractivity contribution is -0.147. The molecule has 0 spiro atoms. The number of halogens is 1. The fourth-order valence-corrected chi connectivity index (χ4v) is 3.85. The molecule has 1 heterocycles. The number of ether oxygens (including phenoxy) is 1. The van der Waals surface area contributed by atoms with E-state index < -0.39 is 23.2 Å². The van der Waals surface area contributed by atoms with E-state index in [1.54, 1.807) is 69.4 Å². The van der Waals surface area contributed by atoms with E-state index in [0.717, 1.165) is 0 Å². The quantitative estimate of drug-likeness (QED) is 0.541. The van der Waals surface area contributed by atoms with E-state index in [1.165, 1.54) is 4.68 Å². The summed E-state index contributed by atoms with van der Waals surface area (Å²) in [7, 11) is 0. The minimum absolute atomic E-state index is 0.350. The van der Waals surface area contributed by atoms with Crippen molar-refractivity contribution in [1.29, 1.82) is 0 Å². The molecule has 0 radical (unpaired) electrons. The molecule has 1 atom stereocenters. The minimum Gasteiger partial charge on any atom is -0.479 e. The van der Waals surface area contributed by atoms with Gasteiger partial charge in [0.2, 0.25) is 0 Å². The van der Waals surface area contributed by atoms with Crippen LogP contribution in [0.25, 0.3) is 10.9 Å². The van der Waals surface area contributed by atoms with Gasteiger partial charge in [-0.3, -0.25) is 5.32 Å². The highest BCUT2D eigenvalue weighted by Crippen LogP contribution is 2.38. The lowest BCUT2D eigenvalue weighted by Gasteiger charge is -2.35. The molecule has 8 heteroatoms. The molecule has 0 aliphatic rings. The number of rotatable bonds is 5. The van der Waals surface area contributed by atoms with Gasteiger partial charge in [0.25, 0.3) is 0 Å². The van der Waals surface area contributed by atoms with Crippen LogP contribution in [0.1, 0.15) is 40.2 Å². The normalized spacial score (nSPS) is 13.8. The highest BCUT2D eigenvalue weighted by atomic mass is 35.5. The average Bonchev–Trinajstić information content (AvgIpc) is 3.07. The maximum atomic E-state index is 12.7. The molecule has 1 unspecified atom stereocenters. The summed E-state index contributed by atoms with van der Waals surface area (Å²) in [5.74, 6) is -1.39. The van der Waals surface area contributed by atoms with Crippen molar-refractivity contribution in [3.63, 3.8) is 0 Å². The highest BCUT2D eigenvalue weighted by molar-refractivity contribution is 6.30. The van der Waals surface area contributed by atoms with Crippen molar-refractivity contribution in [2.24, 2.45) is 5.92 Å². The molecule has 0 aliphatic carbocycles. The first kappa shape index (κ1) is 22.6. The molecule has 0 bridgehead atoms. The zero-order chi connectivity index (χ0) is 23.0. The van der Waals surface area contributed by atoms with Gasteiger partial charge in [-0.1, -0.05) is 43.6 Å². The van der Waals surface area contributed by atoms with Crippen molar-refractivity contribution in [2.75, 3.05) is 5.32 Å². The third kappa shape index (κ3) is 4.23. The highest BCUT2D eigenvalue weighted by Gasteiger charge is 2.47. The first-order chi connectivity index (χ1) is 14.5. The van der Waals surface area contributed by atoms with Crippen LogP contribution in [0.15, 0.2) is 48.7 Å². The van der Waals surface area contributed by atoms with E-state index in [0.29, 0.717) is 27.2 Å². The Morgan fingerprint density at radius 3 is 2.32 bits per heavy atom. The Balaban J connectivity index is 2.17. The lowest BCUT2D eigenvalue weighted by Crippen LogP contribution is -2.48. The second-order valence-electron chi connectivity index (χ2n) is 8.65. The van der Waals surface area contributed by atoms with Gasteiger partial charge < -0.3 is 9.84 Å². The Morgan fingerprint density at radius 1 is 1.13 bits per heavy atom. The Bertz CT molecular complexity index is 1120. The van der Waals surface area contributed by atoms with Crippen LogP contribution in [0.5, 0.6) is 0 Å². The standard InChI is InChI=1S/C23H26ClN3O4/c1-14(2)23(20(28)29,15-9-11-16(24)12-10-15)27-19-8-6-7-18(17(19)13-25-27)26-21(30)31-22(3,4)5/h6-14H,1-5H3,(H,26,30)(H,28,29). The van der Waals surface area contributed by atoms with E-state index in [-0.39, 0.29) is 5.92 Å². The van der Waals surface area contributed by atoms with E-state index in [1.807, 2.05) is 13.8 Å². The average molecular weight is 444 g/mol. The number of aromatic nitrogens is 2. The van der Waals surface area contributed by atoms with Gasteiger partial charge in [0.1, 0.15) is 5.60 Å². The Morgan fingerprint density at radius 2 is 1.77 bits per heavy atom. The number of hydrogen-bond donors (Lipinski definition) is 2.